The monoisotopic (exact) mass is 498 g/mol. The Morgan fingerprint density at radius 3 is 2.78 bits per heavy atom. The van der Waals surface area contributed by atoms with Crippen LogP contribution in [0.2, 0.25) is 10.0 Å². The molecule has 0 saturated carbocycles. The molecule has 0 unspecified atom stereocenters. The van der Waals surface area contributed by atoms with Crippen LogP contribution in [-0.2, 0) is 23.6 Å². The molecule has 4 N–H and O–H groups in total. The van der Waals surface area contributed by atoms with Gasteiger partial charge in [0.25, 0.3) is 10.0 Å². The van der Waals surface area contributed by atoms with Gasteiger partial charge in [0, 0.05) is 33.4 Å². The first-order chi connectivity index (χ1) is 16.3. The molecule has 0 fully saturated rings. The fourth-order valence-corrected chi connectivity index (χ4v) is 5.22. The average molecular weight is 499 g/mol. The Bertz CT molecular complexity index is 1580. The highest BCUT2D eigenvalue weighted by Gasteiger charge is 2.24. The summed E-state index contributed by atoms with van der Waals surface area (Å²) in [6, 6.07) is 6.24. The standard InChI is InChI=1S/C20H16Cl2FN5O3S/c1-28-7-13(16-19(24)25-9-26-20(16)28)12-3-2-4-14(18(12)23)27-32(30,31)15-6-11(21)5-10(8-29)17(15)22/h2-7,9,27,29H,8H2,1H3,(H2,24,25,26)/i1D3. The Morgan fingerprint density at radius 1 is 1.28 bits per heavy atom. The second-order valence-corrected chi connectivity index (χ2v) is 9.14. The molecule has 0 saturated heterocycles. The van der Waals surface area contributed by atoms with Crippen molar-refractivity contribution in [1.82, 2.24) is 14.5 Å². The molecule has 2 heterocycles. The van der Waals surface area contributed by atoms with E-state index in [9.17, 15) is 13.5 Å². The summed E-state index contributed by atoms with van der Waals surface area (Å²) in [4.78, 5) is 7.37. The largest absolute Gasteiger partial charge is 0.392 e. The number of benzene rings is 2. The minimum Gasteiger partial charge on any atom is -0.392 e. The molecule has 4 rings (SSSR count). The molecule has 2 aromatic heterocycles. The number of nitrogen functional groups attached to an aromatic ring is 1. The maximum Gasteiger partial charge on any atom is 0.263 e. The highest BCUT2D eigenvalue weighted by atomic mass is 35.5. The van der Waals surface area contributed by atoms with Crippen molar-refractivity contribution in [1.29, 1.82) is 0 Å². The highest BCUT2D eigenvalue weighted by molar-refractivity contribution is 7.92. The molecule has 32 heavy (non-hydrogen) atoms. The van der Waals surface area contributed by atoms with Gasteiger partial charge in [0.2, 0.25) is 0 Å². The number of hydrogen-bond acceptors (Lipinski definition) is 6. The molecule has 0 radical (unpaired) electrons. The Morgan fingerprint density at radius 2 is 2.06 bits per heavy atom. The zero-order chi connectivity index (χ0) is 25.7. The van der Waals surface area contributed by atoms with Gasteiger partial charge in [0.1, 0.15) is 22.7 Å². The van der Waals surface area contributed by atoms with Crippen LogP contribution in [0.1, 0.15) is 9.68 Å². The molecular weight excluding hydrogens is 480 g/mol. The van der Waals surface area contributed by atoms with Crippen LogP contribution < -0.4 is 10.5 Å². The summed E-state index contributed by atoms with van der Waals surface area (Å²) >= 11 is 12.1. The molecule has 0 aliphatic carbocycles. The topological polar surface area (TPSA) is 123 Å². The van der Waals surface area contributed by atoms with Crippen LogP contribution in [0.5, 0.6) is 0 Å². The first kappa shape index (κ1) is 18.6. The summed E-state index contributed by atoms with van der Waals surface area (Å²) in [6.45, 7) is -3.22. The van der Waals surface area contributed by atoms with Gasteiger partial charge >= 0.3 is 0 Å². The number of halogens is 3. The van der Waals surface area contributed by atoms with Gasteiger partial charge < -0.3 is 15.4 Å². The number of sulfonamides is 1. The number of aliphatic hydroxyl groups excluding tert-OH is 1. The third-order valence-corrected chi connectivity index (χ3v) is 6.85. The van der Waals surface area contributed by atoms with Gasteiger partial charge in [-0.1, -0.05) is 35.3 Å². The Labute approximate surface area is 196 Å². The maximum absolute atomic E-state index is 15.6. The lowest BCUT2D eigenvalue weighted by molar-refractivity contribution is 0.281. The number of nitrogens with zero attached hydrogens (tertiary/aromatic N) is 3. The van der Waals surface area contributed by atoms with Crippen LogP contribution in [0.15, 0.2) is 47.8 Å². The van der Waals surface area contributed by atoms with Gasteiger partial charge in [0.15, 0.2) is 5.82 Å². The van der Waals surface area contributed by atoms with Gasteiger partial charge in [-0.15, -0.1) is 0 Å². The molecule has 0 bridgehead atoms. The smallest absolute Gasteiger partial charge is 0.263 e. The number of aliphatic hydroxyl groups is 1. The molecule has 0 amide bonds. The van der Waals surface area contributed by atoms with Gasteiger partial charge in [0.05, 0.1) is 22.7 Å². The number of nitrogens with two attached hydrogens (primary N) is 1. The Kier molecular flexibility index (Phi) is 4.78. The summed E-state index contributed by atoms with van der Waals surface area (Å²) in [5.41, 5.74) is 5.43. The number of rotatable bonds is 5. The van der Waals surface area contributed by atoms with Gasteiger partial charge in [-0.2, -0.15) is 0 Å². The van der Waals surface area contributed by atoms with Crippen LogP contribution in [0.25, 0.3) is 22.2 Å². The van der Waals surface area contributed by atoms with Crippen molar-refractivity contribution in [3.8, 4) is 11.1 Å². The molecule has 0 aliphatic heterocycles. The third kappa shape index (κ3) is 3.75. The van der Waals surface area contributed by atoms with E-state index in [4.69, 9.17) is 33.0 Å². The highest BCUT2D eigenvalue weighted by Crippen LogP contribution is 2.37. The zero-order valence-electron chi connectivity index (χ0n) is 19.0. The molecule has 2 aromatic carbocycles. The number of aryl methyl sites for hydroxylation is 1. The quantitative estimate of drug-likeness (QED) is 0.382. The first-order valence-electron chi connectivity index (χ1n) is 10.4. The minimum atomic E-state index is -4.45. The van der Waals surface area contributed by atoms with E-state index in [0.29, 0.717) is 0 Å². The number of fused-ring (bicyclic) bond motifs is 1. The lowest BCUT2D eigenvalue weighted by Gasteiger charge is -2.14. The molecule has 166 valence electrons. The summed E-state index contributed by atoms with van der Waals surface area (Å²) in [6.07, 6.45) is 2.24. The van der Waals surface area contributed by atoms with Crippen molar-refractivity contribution in [2.45, 2.75) is 11.5 Å². The van der Waals surface area contributed by atoms with E-state index in [2.05, 4.69) is 14.7 Å². The van der Waals surface area contributed by atoms with Crippen molar-refractivity contribution < 1.29 is 22.0 Å². The SMILES string of the molecule is [2H]C([2H])([2H])n1cc(-c2cccc(NS(=O)(=O)c3cc(Cl)cc(CO)c3Cl)c2F)c2c(N)ncnc21. The van der Waals surface area contributed by atoms with E-state index in [1.807, 2.05) is 0 Å². The summed E-state index contributed by atoms with van der Waals surface area (Å²) in [5, 5.41) is 9.24. The number of nitrogens with one attached hydrogen (secondary N) is 1. The fraction of sp³-hybridized carbons (Fsp3) is 0.100. The van der Waals surface area contributed by atoms with Crippen LogP contribution in [0, 0.1) is 5.82 Å². The van der Waals surface area contributed by atoms with Crippen LogP contribution in [0.3, 0.4) is 0 Å². The van der Waals surface area contributed by atoms with E-state index >= 15 is 4.39 Å². The predicted molar refractivity (Wildman–Crippen MR) is 122 cm³/mol. The van der Waals surface area contributed by atoms with Gasteiger partial charge in [-0.05, 0) is 23.8 Å². The molecule has 12 heteroatoms. The van der Waals surface area contributed by atoms with Crippen molar-refractivity contribution >= 4 is 55.8 Å². The second kappa shape index (κ2) is 8.21. The molecule has 4 aromatic rings. The lowest BCUT2D eigenvalue weighted by atomic mass is 10.0. The molecule has 0 spiro atoms. The Hall–Kier alpha value is -2.92. The molecular formula is C20H16Cl2FN5O3S. The molecule has 8 nitrogen and oxygen atoms in total. The fourth-order valence-electron chi connectivity index (χ4n) is 3.24. The van der Waals surface area contributed by atoms with E-state index in [1.165, 1.54) is 24.3 Å². The summed E-state index contributed by atoms with van der Waals surface area (Å²) < 4.78 is 67.9. The molecule has 0 aliphatic rings. The van der Waals surface area contributed by atoms with Crippen LogP contribution in [-0.4, -0.2) is 28.1 Å². The second-order valence-electron chi connectivity index (χ2n) is 6.68. The zero-order valence-corrected chi connectivity index (χ0v) is 18.3. The lowest BCUT2D eigenvalue weighted by Crippen LogP contribution is -2.15. The third-order valence-electron chi connectivity index (χ3n) is 4.68. The van der Waals surface area contributed by atoms with E-state index in [-0.39, 0.29) is 43.6 Å². The Balaban J connectivity index is 1.86. The van der Waals surface area contributed by atoms with E-state index in [1.54, 1.807) is 0 Å². The van der Waals surface area contributed by atoms with Crippen LogP contribution >= 0.6 is 23.2 Å². The van der Waals surface area contributed by atoms with Crippen molar-refractivity contribution in [3.63, 3.8) is 0 Å². The first-order valence-corrected chi connectivity index (χ1v) is 11.1. The van der Waals surface area contributed by atoms with Crippen molar-refractivity contribution in [2.24, 2.45) is 6.98 Å². The number of aromatic nitrogens is 3. The number of anilines is 2. The summed E-state index contributed by atoms with van der Waals surface area (Å²) in [7, 11) is -4.45. The maximum atomic E-state index is 15.6. The van der Waals surface area contributed by atoms with E-state index < -0.39 is 40.0 Å². The van der Waals surface area contributed by atoms with Gasteiger partial charge in [-0.3, -0.25) is 4.72 Å². The normalized spacial score (nSPS) is 13.6. The van der Waals surface area contributed by atoms with Crippen molar-refractivity contribution in [3.05, 3.63) is 64.3 Å². The van der Waals surface area contributed by atoms with E-state index in [0.717, 1.165) is 23.2 Å². The van der Waals surface area contributed by atoms with Crippen LogP contribution in [0.4, 0.5) is 15.9 Å². The number of hydrogen-bond donors (Lipinski definition) is 3. The van der Waals surface area contributed by atoms with Gasteiger partial charge in [-0.25, -0.2) is 22.8 Å². The molecule has 0 atom stereocenters. The summed E-state index contributed by atoms with van der Waals surface area (Å²) in [5.74, 6) is -1.09. The predicted octanol–water partition coefficient (Wildman–Crippen LogP) is 3.96. The van der Waals surface area contributed by atoms with Crippen molar-refractivity contribution in [2.75, 3.05) is 10.5 Å². The average Bonchev–Trinajstić information content (AvgIpc) is 3.17. The minimum absolute atomic E-state index is 0.000924.